The van der Waals surface area contributed by atoms with E-state index in [0.29, 0.717) is 23.8 Å². The summed E-state index contributed by atoms with van der Waals surface area (Å²) in [4.78, 5) is 0.291. The molecule has 0 saturated carbocycles. The van der Waals surface area contributed by atoms with Crippen LogP contribution in [0.1, 0.15) is 57.9 Å². The third-order valence-corrected chi connectivity index (χ3v) is 6.57. The number of hydrogen-bond acceptors (Lipinski definition) is 3. The lowest BCUT2D eigenvalue weighted by molar-refractivity contribution is 0.296. The molecule has 0 radical (unpaired) electrons. The van der Waals surface area contributed by atoms with Crippen LogP contribution in [0.2, 0.25) is 0 Å². The lowest BCUT2D eigenvalue weighted by Gasteiger charge is -2.27. The summed E-state index contributed by atoms with van der Waals surface area (Å²) in [5.74, 6) is 0.482. The largest absolute Gasteiger partial charge is 0.492 e. The first-order chi connectivity index (χ1) is 11.9. The summed E-state index contributed by atoms with van der Waals surface area (Å²) in [6, 6.07) is 5.29. The molecule has 0 saturated heterocycles. The Morgan fingerprint density at radius 3 is 2.40 bits per heavy atom. The monoisotopic (exact) mass is 365 g/mol. The Labute approximate surface area is 152 Å². The van der Waals surface area contributed by atoms with Gasteiger partial charge in [0.05, 0.1) is 6.61 Å². The molecule has 0 fully saturated rings. The van der Waals surface area contributed by atoms with Crippen LogP contribution >= 0.6 is 0 Å². The van der Waals surface area contributed by atoms with Crippen LogP contribution in [0.25, 0.3) is 0 Å². The molecule has 0 bridgehead atoms. The van der Waals surface area contributed by atoms with Gasteiger partial charge < -0.3 is 4.74 Å². The molecular weight excluding hydrogens is 334 g/mol. The van der Waals surface area contributed by atoms with E-state index < -0.39 is 10.0 Å². The van der Waals surface area contributed by atoms with Gasteiger partial charge in [0.25, 0.3) is 0 Å². The first-order valence-electron chi connectivity index (χ1n) is 9.33. The average molecular weight is 366 g/mol. The summed E-state index contributed by atoms with van der Waals surface area (Å²) in [5.41, 5.74) is 1.01. The van der Waals surface area contributed by atoms with Gasteiger partial charge in [0.15, 0.2) is 0 Å². The van der Waals surface area contributed by atoms with Crippen molar-refractivity contribution in [3.63, 3.8) is 0 Å². The van der Waals surface area contributed by atoms with E-state index in [4.69, 9.17) is 4.74 Å². The molecule has 0 N–H and O–H groups in total. The van der Waals surface area contributed by atoms with Crippen molar-refractivity contribution in [3.8, 4) is 5.75 Å². The summed E-state index contributed by atoms with van der Waals surface area (Å²) in [6.45, 7) is 6.90. The van der Waals surface area contributed by atoms with Crippen molar-refractivity contribution in [2.75, 3.05) is 13.2 Å². The smallest absolute Gasteiger partial charge is 0.246 e. The van der Waals surface area contributed by atoms with Gasteiger partial charge in [-0.2, -0.15) is 4.31 Å². The van der Waals surface area contributed by atoms with Crippen molar-refractivity contribution >= 4 is 10.0 Å². The molecule has 1 aromatic carbocycles. The van der Waals surface area contributed by atoms with Crippen molar-refractivity contribution < 1.29 is 13.2 Å². The minimum absolute atomic E-state index is 0.0784. The van der Waals surface area contributed by atoms with Crippen molar-refractivity contribution in [2.45, 2.75) is 70.2 Å². The fraction of sp³-hybridized carbons (Fsp3) is 0.600. The second-order valence-corrected chi connectivity index (χ2v) is 8.83. The number of fused-ring (bicyclic) bond motifs is 1. The predicted molar refractivity (Wildman–Crippen MR) is 103 cm³/mol. The molecule has 0 unspecified atom stereocenters. The molecule has 0 aliphatic carbocycles. The van der Waals surface area contributed by atoms with Gasteiger partial charge in [0, 0.05) is 12.6 Å². The molecule has 25 heavy (non-hydrogen) atoms. The second-order valence-electron chi connectivity index (χ2n) is 6.97. The van der Waals surface area contributed by atoms with E-state index in [0.717, 1.165) is 44.1 Å². The molecule has 5 heteroatoms. The van der Waals surface area contributed by atoms with Gasteiger partial charge >= 0.3 is 0 Å². The third-order valence-electron chi connectivity index (χ3n) is 4.45. The molecule has 0 atom stereocenters. The van der Waals surface area contributed by atoms with E-state index in [9.17, 15) is 8.42 Å². The zero-order valence-corrected chi connectivity index (χ0v) is 16.5. The van der Waals surface area contributed by atoms with Gasteiger partial charge in [-0.15, -0.1) is 0 Å². The summed E-state index contributed by atoms with van der Waals surface area (Å²) in [6.07, 6.45) is 10.4. The van der Waals surface area contributed by atoms with Gasteiger partial charge in [-0.25, -0.2) is 8.42 Å². The Morgan fingerprint density at radius 2 is 1.72 bits per heavy atom. The average Bonchev–Trinajstić information content (AvgIpc) is 2.54. The number of aryl methyl sites for hydroxylation is 1. The van der Waals surface area contributed by atoms with Crippen molar-refractivity contribution in [1.82, 2.24) is 4.31 Å². The molecule has 140 valence electrons. The number of allylic oxidation sites excluding steroid dienone is 2. The number of ether oxygens (including phenoxy) is 1. The van der Waals surface area contributed by atoms with Crippen molar-refractivity contribution in [2.24, 2.45) is 0 Å². The van der Waals surface area contributed by atoms with Gasteiger partial charge in [-0.3, -0.25) is 0 Å². The SMILES string of the molecule is Cc1ccc2c(c1)OCCCCC=CCCCCN(C(C)C)S2(=O)=O. The lowest BCUT2D eigenvalue weighted by atomic mass is 10.2. The van der Waals surface area contributed by atoms with Crippen molar-refractivity contribution in [3.05, 3.63) is 35.9 Å². The second kappa shape index (κ2) is 9.39. The zero-order chi connectivity index (χ0) is 18.3. The van der Waals surface area contributed by atoms with E-state index in [2.05, 4.69) is 12.2 Å². The molecule has 1 aliphatic rings. The van der Waals surface area contributed by atoms with Gasteiger partial charge in [-0.1, -0.05) is 18.2 Å². The van der Waals surface area contributed by atoms with Crippen LogP contribution < -0.4 is 4.74 Å². The quantitative estimate of drug-likeness (QED) is 0.679. The lowest BCUT2D eigenvalue weighted by Crippen LogP contribution is -2.37. The molecule has 0 aromatic heterocycles. The van der Waals surface area contributed by atoms with Gasteiger partial charge in [0.2, 0.25) is 10.0 Å². The van der Waals surface area contributed by atoms with E-state index in [-0.39, 0.29) is 6.04 Å². The highest BCUT2D eigenvalue weighted by atomic mass is 32.2. The normalized spacial score (nSPS) is 20.3. The van der Waals surface area contributed by atoms with E-state index in [1.165, 1.54) is 0 Å². The maximum absolute atomic E-state index is 13.2. The van der Waals surface area contributed by atoms with E-state index >= 15 is 0 Å². The topological polar surface area (TPSA) is 46.6 Å². The predicted octanol–water partition coefficient (Wildman–Crippen LogP) is 4.68. The summed E-state index contributed by atoms with van der Waals surface area (Å²) >= 11 is 0. The van der Waals surface area contributed by atoms with Crippen LogP contribution in [-0.4, -0.2) is 31.9 Å². The van der Waals surface area contributed by atoms with Gasteiger partial charge in [-0.05, 0) is 77.0 Å². The number of rotatable bonds is 1. The van der Waals surface area contributed by atoms with E-state index in [1.54, 1.807) is 10.4 Å². The standard InChI is InChI=1S/C20H31NO3S/c1-17(2)21-14-10-8-6-4-5-7-9-11-15-24-19-16-18(3)12-13-20(19)25(21,22)23/h4-5,12-13,16-17H,6-11,14-15H2,1-3H3. The van der Waals surface area contributed by atoms with Crippen LogP contribution in [-0.2, 0) is 10.0 Å². The molecule has 4 nitrogen and oxygen atoms in total. The fourth-order valence-corrected chi connectivity index (χ4v) is 4.82. The first kappa shape index (κ1) is 20.0. The van der Waals surface area contributed by atoms with Gasteiger partial charge in [0.1, 0.15) is 10.6 Å². The number of nitrogens with zero attached hydrogens (tertiary/aromatic N) is 1. The Bertz CT molecular complexity index is 680. The maximum Gasteiger partial charge on any atom is 0.246 e. The van der Waals surface area contributed by atoms with Crippen molar-refractivity contribution in [1.29, 1.82) is 0 Å². The Balaban J connectivity index is 2.36. The molecule has 2 rings (SSSR count). The fourth-order valence-electron chi connectivity index (χ4n) is 3.04. The highest BCUT2D eigenvalue weighted by Crippen LogP contribution is 2.29. The highest BCUT2D eigenvalue weighted by Gasteiger charge is 2.29. The molecule has 1 heterocycles. The van der Waals surface area contributed by atoms with Crippen LogP contribution in [0.15, 0.2) is 35.2 Å². The summed E-state index contributed by atoms with van der Waals surface area (Å²) < 4.78 is 34.0. The van der Waals surface area contributed by atoms with Crippen LogP contribution in [0.5, 0.6) is 5.75 Å². The summed E-state index contributed by atoms with van der Waals surface area (Å²) in [5, 5.41) is 0. The molecular formula is C20H31NO3S. The minimum Gasteiger partial charge on any atom is -0.492 e. The Morgan fingerprint density at radius 1 is 1.04 bits per heavy atom. The molecule has 1 aliphatic heterocycles. The summed E-state index contributed by atoms with van der Waals surface area (Å²) in [7, 11) is -3.57. The molecule has 0 amide bonds. The number of benzene rings is 1. The Kier molecular flexibility index (Phi) is 7.51. The van der Waals surface area contributed by atoms with Crippen LogP contribution in [0, 0.1) is 6.92 Å². The van der Waals surface area contributed by atoms with E-state index in [1.807, 2.05) is 32.9 Å². The number of sulfonamides is 1. The first-order valence-corrected chi connectivity index (χ1v) is 10.8. The van der Waals surface area contributed by atoms with Crippen LogP contribution in [0.3, 0.4) is 0 Å². The minimum atomic E-state index is -3.57. The number of hydrogen-bond donors (Lipinski definition) is 0. The van der Waals surface area contributed by atoms with Crippen LogP contribution in [0.4, 0.5) is 0 Å². The highest BCUT2D eigenvalue weighted by molar-refractivity contribution is 7.89. The maximum atomic E-state index is 13.2. The molecule has 0 spiro atoms. The Hall–Kier alpha value is -1.33. The zero-order valence-electron chi connectivity index (χ0n) is 15.7. The molecule has 1 aromatic rings. The third kappa shape index (κ3) is 5.58.